The molecule has 0 amide bonds. The smallest absolute Gasteiger partial charge is 0.307 e. The lowest BCUT2D eigenvalue weighted by atomic mass is 10.1. The standard InChI is InChI=1S/C21H22N2O5S/c1-3-14-6-9-17(22-11-14)18(28-13(2)24)12-27-16-7-4-15(5-8-16)10-19-20(25)23-21(26)29-19/h4-9,11,18,25H,3,10,12H2,1-2H3,(H,23,26)/t18-/m1/s1. The van der Waals surface area contributed by atoms with Crippen molar-refractivity contribution in [3.8, 4) is 11.6 Å². The van der Waals surface area contributed by atoms with Crippen LogP contribution in [0.4, 0.5) is 0 Å². The Bertz CT molecular complexity index is 1010. The van der Waals surface area contributed by atoms with Crippen molar-refractivity contribution in [2.75, 3.05) is 6.61 Å². The fraction of sp³-hybridized carbons (Fsp3) is 0.286. The van der Waals surface area contributed by atoms with E-state index in [-0.39, 0.29) is 17.4 Å². The van der Waals surface area contributed by atoms with Gasteiger partial charge in [-0.1, -0.05) is 36.5 Å². The monoisotopic (exact) mass is 414 g/mol. The highest BCUT2D eigenvalue weighted by Crippen LogP contribution is 2.23. The number of benzene rings is 1. The lowest BCUT2D eigenvalue weighted by molar-refractivity contribution is -0.148. The number of hydrogen-bond acceptors (Lipinski definition) is 7. The zero-order valence-corrected chi connectivity index (χ0v) is 17.0. The third kappa shape index (κ3) is 5.68. The first kappa shape index (κ1) is 20.6. The number of aryl methyl sites for hydroxylation is 1. The molecule has 2 aromatic heterocycles. The molecule has 2 N–H and O–H groups in total. The van der Waals surface area contributed by atoms with E-state index in [4.69, 9.17) is 9.47 Å². The number of esters is 1. The second kappa shape index (κ2) is 9.38. The maximum atomic E-state index is 11.5. The summed E-state index contributed by atoms with van der Waals surface area (Å²) in [6.07, 6.45) is 2.49. The number of carbonyl (C=O) groups is 1. The number of carbonyl (C=O) groups excluding carboxylic acids is 1. The summed E-state index contributed by atoms with van der Waals surface area (Å²) in [4.78, 5) is 29.8. The van der Waals surface area contributed by atoms with Gasteiger partial charge < -0.3 is 14.6 Å². The Morgan fingerprint density at radius 3 is 2.48 bits per heavy atom. The number of aromatic nitrogens is 2. The first-order chi connectivity index (χ1) is 13.9. The van der Waals surface area contributed by atoms with Gasteiger partial charge in [-0.15, -0.1) is 0 Å². The molecule has 0 spiro atoms. The van der Waals surface area contributed by atoms with Crippen molar-refractivity contribution in [1.29, 1.82) is 0 Å². The third-order valence-corrected chi connectivity index (χ3v) is 5.16. The topological polar surface area (TPSA) is 102 Å². The van der Waals surface area contributed by atoms with Crippen LogP contribution >= 0.6 is 11.3 Å². The number of H-pyrrole nitrogens is 1. The van der Waals surface area contributed by atoms with Gasteiger partial charge in [-0.2, -0.15) is 0 Å². The molecule has 0 unspecified atom stereocenters. The van der Waals surface area contributed by atoms with Gasteiger partial charge in [0.1, 0.15) is 12.4 Å². The number of hydrogen-bond donors (Lipinski definition) is 2. The van der Waals surface area contributed by atoms with Crippen molar-refractivity contribution < 1.29 is 19.4 Å². The average Bonchev–Trinajstić information content (AvgIpc) is 3.03. The summed E-state index contributed by atoms with van der Waals surface area (Å²) in [6.45, 7) is 3.54. The molecular weight excluding hydrogens is 392 g/mol. The van der Waals surface area contributed by atoms with Gasteiger partial charge in [-0.05, 0) is 35.7 Å². The molecule has 7 nitrogen and oxygen atoms in total. The predicted molar refractivity (Wildman–Crippen MR) is 109 cm³/mol. The molecule has 0 radical (unpaired) electrons. The van der Waals surface area contributed by atoms with Crippen LogP contribution in [0.1, 0.15) is 41.6 Å². The molecule has 29 heavy (non-hydrogen) atoms. The number of nitrogens with zero attached hydrogens (tertiary/aromatic N) is 1. The minimum atomic E-state index is -0.604. The van der Waals surface area contributed by atoms with Crippen LogP contribution < -0.4 is 9.61 Å². The Morgan fingerprint density at radius 1 is 1.21 bits per heavy atom. The molecule has 0 bridgehead atoms. The molecule has 1 atom stereocenters. The van der Waals surface area contributed by atoms with Gasteiger partial charge in [0.15, 0.2) is 6.10 Å². The summed E-state index contributed by atoms with van der Waals surface area (Å²) in [5, 5.41) is 9.69. The zero-order chi connectivity index (χ0) is 20.8. The Balaban J connectivity index is 1.64. The first-order valence-corrected chi connectivity index (χ1v) is 10.0. The second-order valence-corrected chi connectivity index (χ2v) is 7.53. The highest BCUT2D eigenvalue weighted by atomic mass is 32.1. The second-order valence-electron chi connectivity index (χ2n) is 6.46. The fourth-order valence-corrected chi connectivity index (χ4v) is 3.51. The average molecular weight is 414 g/mol. The van der Waals surface area contributed by atoms with Crippen LogP contribution in [0.3, 0.4) is 0 Å². The molecule has 0 fully saturated rings. The number of pyridine rings is 1. The van der Waals surface area contributed by atoms with Crippen LogP contribution in [0.15, 0.2) is 47.4 Å². The van der Waals surface area contributed by atoms with Crippen LogP contribution in [-0.4, -0.2) is 27.7 Å². The summed E-state index contributed by atoms with van der Waals surface area (Å²) in [7, 11) is 0. The van der Waals surface area contributed by atoms with E-state index in [9.17, 15) is 14.7 Å². The van der Waals surface area contributed by atoms with Gasteiger partial charge in [0.25, 0.3) is 0 Å². The van der Waals surface area contributed by atoms with Crippen LogP contribution in [0, 0.1) is 0 Å². The number of ether oxygens (including phenoxy) is 2. The maximum Gasteiger partial charge on any atom is 0.307 e. The SMILES string of the molecule is CCc1ccc([C@@H](COc2ccc(Cc3sc(=O)[nH]c3O)cc2)OC(C)=O)nc1. The highest BCUT2D eigenvalue weighted by Gasteiger charge is 2.17. The first-order valence-electron chi connectivity index (χ1n) is 9.19. The minimum Gasteiger partial charge on any atom is -0.494 e. The Kier molecular flexibility index (Phi) is 6.66. The molecule has 0 aliphatic heterocycles. The Morgan fingerprint density at radius 2 is 1.93 bits per heavy atom. The molecule has 0 saturated heterocycles. The molecule has 0 aliphatic rings. The summed E-state index contributed by atoms with van der Waals surface area (Å²) in [5.41, 5.74) is 2.66. The van der Waals surface area contributed by atoms with Crippen molar-refractivity contribution in [3.05, 3.63) is 74.0 Å². The van der Waals surface area contributed by atoms with Crippen molar-refractivity contribution in [2.24, 2.45) is 0 Å². The molecule has 3 rings (SSSR count). The molecule has 0 aliphatic carbocycles. The van der Waals surface area contributed by atoms with E-state index in [1.54, 1.807) is 18.3 Å². The van der Waals surface area contributed by atoms with Gasteiger partial charge in [0, 0.05) is 19.5 Å². The number of aromatic hydroxyl groups is 1. The third-order valence-electron chi connectivity index (χ3n) is 4.28. The fourth-order valence-electron chi connectivity index (χ4n) is 2.75. The Hall–Kier alpha value is -3.13. The van der Waals surface area contributed by atoms with Gasteiger partial charge in [0.05, 0.1) is 10.6 Å². The number of nitrogens with one attached hydrogen (secondary N) is 1. The largest absolute Gasteiger partial charge is 0.494 e. The summed E-state index contributed by atoms with van der Waals surface area (Å²) < 4.78 is 11.2. The van der Waals surface area contributed by atoms with Crippen molar-refractivity contribution in [2.45, 2.75) is 32.8 Å². The number of thiazole rings is 1. The van der Waals surface area contributed by atoms with E-state index >= 15 is 0 Å². The zero-order valence-electron chi connectivity index (χ0n) is 16.2. The van der Waals surface area contributed by atoms with Crippen LogP contribution in [0.5, 0.6) is 11.6 Å². The van der Waals surface area contributed by atoms with E-state index in [1.165, 1.54) is 6.92 Å². The van der Waals surface area contributed by atoms with E-state index in [0.717, 1.165) is 28.9 Å². The van der Waals surface area contributed by atoms with Crippen molar-refractivity contribution >= 4 is 17.3 Å². The molecule has 0 saturated carbocycles. The highest BCUT2D eigenvalue weighted by molar-refractivity contribution is 7.09. The molecule has 3 aromatic rings. The van der Waals surface area contributed by atoms with Gasteiger partial charge in [-0.25, -0.2) is 0 Å². The van der Waals surface area contributed by atoms with E-state index in [0.29, 0.717) is 22.7 Å². The lowest BCUT2D eigenvalue weighted by Crippen LogP contribution is -2.17. The number of aromatic amines is 1. The molecule has 8 heteroatoms. The molecule has 1 aromatic carbocycles. The molecular formula is C21H22N2O5S. The minimum absolute atomic E-state index is 0.0915. The van der Waals surface area contributed by atoms with Crippen LogP contribution in [0.2, 0.25) is 0 Å². The van der Waals surface area contributed by atoms with E-state index < -0.39 is 12.1 Å². The predicted octanol–water partition coefficient (Wildman–Crippen LogP) is 3.37. The summed E-state index contributed by atoms with van der Waals surface area (Å²) in [6, 6.07) is 11.1. The van der Waals surface area contributed by atoms with Gasteiger partial charge in [0.2, 0.25) is 5.88 Å². The van der Waals surface area contributed by atoms with E-state index in [1.807, 2.05) is 31.2 Å². The van der Waals surface area contributed by atoms with E-state index in [2.05, 4.69) is 9.97 Å². The lowest BCUT2D eigenvalue weighted by Gasteiger charge is -2.17. The van der Waals surface area contributed by atoms with Crippen molar-refractivity contribution in [1.82, 2.24) is 9.97 Å². The van der Waals surface area contributed by atoms with Gasteiger partial charge in [-0.3, -0.25) is 19.6 Å². The molecule has 2 heterocycles. The summed E-state index contributed by atoms with van der Waals surface area (Å²) >= 11 is 0.986. The quantitative estimate of drug-likeness (QED) is 0.548. The summed E-state index contributed by atoms with van der Waals surface area (Å²) in [5.74, 6) is 0.120. The Labute approximate surface area is 172 Å². The van der Waals surface area contributed by atoms with Crippen molar-refractivity contribution in [3.63, 3.8) is 0 Å². The normalized spacial score (nSPS) is 11.8. The number of rotatable bonds is 8. The molecule has 152 valence electrons. The maximum absolute atomic E-state index is 11.5. The van der Waals surface area contributed by atoms with Crippen LogP contribution in [-0.2, 0) is 22.4 Å². The van der Waals surface area contributed by atoms with Crippen LogP contribution in [0.25, 0.3) is 0 Å². The van der Waals surface area contributed by atoms with Gasteiger partial charge >= 0.3 is 10.8 Å².